The molecule has 0 radical (unpaired) electrons. The predicted octanol–water partition coefficient (Wildman–Crippen LogP) is 1.58. The van der Waals surface area contributed by atoms with Crippen molar-refractivity contribution < 1.29 is 14.3 Å². The monoisotopic (exact) mass is 430 g/mol. The number of rotatable bonds is 8. The molecule has 0 saturated carbocycles. The predicted molar refractivity (Wildman–Crippen MR) is 120 cm³/mol. The smallest absolute Gasteiger partial charge is 0.317 e. The first-order valence-electron chi connectivity index (χ1n) is 10.9. The highest BCUT2D eigenvalue weighted by molar-refractivity contribution is 5.97. The quantitative estimate of drug-likeness (QED) is 0.621. The lowest BCUT2D eigenvalue weighted by atomic mass is 10.2. The number of hydrogen-bond donors (Lipinski definition) is 2. The molecule has 9 nitrogen and oxygen atoms in total. The average molecular weight is 431 g/mol. The standard InChI is InChI=1S/C22H34N6O3/c1-16(2)24-21(29)17-6-7-19-18(14-17)25-20(26(19)3)15-27-9-11-28(12-10-27)22(30)23-8-5-13-31-4/h6-7,14,16H,5,8-13,15H2,1-4H3,(H,23,30)(H,24,29). The SMILES string of the molecule is COCCCNC(=O)N1CCN(Cc2nc3cc(C(=O)NC(C)C)ccc3n2C)CC1. The van der Waals surface area contributed by atoms with Crippen molar-refractivity contribution in [1.29, 1.82) is 0 Å². The maximum Gasteiger partial charge on any atom is 0.317 e. The van der Waals surface area contributed by atoms with Crippen LogP contribution in [0.1, 0.15) is 36.5 Å². The van der Waals surface area contributed by atoms with E-state index in [1.807, 2.05) is 44.0 Å². The molecule has 0 aliphatic carbocycles. The number of methoxy groups -OCH3 is 1. The van der Waals surface area contributed by atoms with Gasteiger partial charge < -0.3 is 24.8 Å². The number of benzene rings is 1. The minimum atomic E-state index is -0.0827. The van der Waals surface area contributed by atoms with Crippen LogP contribution in [0.3, 0.4) is 0 Å². The van der Waals surface area contributed by atoms with Crippen molar-refractivity contribution in [1.82, 2.24) is 30.0 Å². The summed E-state index contributed by atoms with van der Waals surface area (Å²) in [5, 5.41) is 5.86. The summed E-state index contributed by atoms with van der Waals surface area (Å²) in [6, 6.07) is 5.73. The zero-order chi connectivity index (χ0) is 22.4. The topological polar surface area (TPSA) is 91.7 Å². The van der Waals surface area contributed by atoms with Gasteiger partial charge in [-0.1, -0.05) is 0 Å². The van der Waals surface area contributed by atoms with E-state index in [4.69, 9.17) is 9.72 Å². The third-order valence-electron chi connectivity index (χ3n) is 5.48. The zero-order valence-electron chi connectivity index (χ0n) is 19.0. The number of imidazole rings is 1. The summed E-state index contributed by atoms with van der Waals surface area (Å²) in [7, 11) is 3.66. The van der Waals surface area contributed by atoms with Crippen LogP contribution in [0.15, 0.2) is 18.2 Å². The van der Waals surface area contributed by atoms with Crippen LogP contribution in [0, 0.1) is 0 Å². The number of aromatic nitrogens is 2. The number of amides is 3. The number of fused-ring (bicyclic) bond motifs is 1. The molecule has 0 unspecified atom stereocenters. The van der Waals surface area contributed by atoms with Gasteiger partial charge in [-0.05, 0) is 38.5 Å². The largest absolute Gasteiger partial charge is 0.385 e. The Hall–Kier alpha value is -2.65. The second kappa shape index (κ2) is 10.6. The van der Waals surface area contributed by atoms with E-state index in [0.29, 0.717) is 38.3 Å². The first-order valence-corrected chi connectivity index (χ1v) is 10.9. The first-order chi connectivity index (χ1) is 14.9. The summed E-state index contributed by atoms with van der Waals surface area (Å²) in [6.45, 7) is 8.87. The minimum absolute atomic E-state index is 0.00862. The highest BCUT2D eigenvalue weighted by atomic mass is 16.5. The Labute approximate surface area is 183 Å². The second-order valence-electron chi connectivity index (χ2n) is 8.26. The summed E-state index contributed by atoms with van der Waals surface area (Å²) >= 11 is 0. The van der Waals surface area contributed by atoms with Crippen molar-refractivity contribution in [3.8, 4) is 0 Å². The van der Waals surface area contributed by atoms with Crippen LogP contribution in [0.5, 0.6) is 0 Å². The molecule has 0 spiro atoms. The van der Waals surface area contributed by atoms with Gasteiger partial charge in [0.05, 0.1) is 17.6 Å². The minimum Gasteiger partial charge on any atom is -0.385 e. The average Bonchev–Trinajstić information content (AvgIpc) is 3.05. The van der Waals surface area contributed by atoms with Gasteiger partial charge in [-0.25, -0.2) is 9.78 Å². The van der Waals surface area contributed by atoms with Crippen LogP contribution in [-0.2, 0) is 18.3 Å². The summed E-state index contributed by atoms with van der Waals surface area (Å²) < 4.78 is 7.08. The van der Waals surface area contributed by atoms with Gasteiger partial charge in [0.1, 0.15) is 5.82 Å². The van der Waals surface area contributed by atoms with Crippen LogP contribution >= 0.6 is 0 Å². The number of ether oxygens (including phenoxy) is 1. The van der Waals surface area contributed by atoms with Crippen LogP contribution in [0.2, 0.25) is 0 Å². The van der Waals surface area contributed by atoms with E-state index in [2.05, 4.69) is 20.1 Å². The molecule has 1 aliphatic rings. The van der Waals surface area contributed by atoms with E-state index in [0.717, 1.165) is 36.4 Å². The van der Waals surface area contributed by atoms with E-state index in [9.17, 15) is 9.59 Å². The molecule has 31 heavy (non-hydrogen) atoms. The Kier molecular flexibility index (Phi) is 7.86. The normalized spacial score (nSPS) is 14.9. The number of carbonyl (C=O) groups excluding carboxylic acids is 2. The Morgan fingerprint density at radius 3 is 2.61 bits per heavy atom. The van der Waals surface area contributed by atoms with E-state index in [1.165, 1.54) is 0 Å². The number of carbonyl (C=O) groups is 2. The molecule has 9 heteroatoms. The molecule has 2 N–H and O–H groups in total. The van der Waals surface area contributed by atoms with Gasteiger partial charge in [-0.3, -0.25) is 9.69 Å². The second-order valence-corrected chi connectivity index (χ2v) is 8.26. The molecule has 0 bridgehead atoms. The molecule has 0 atom stereocenters. The van der Waals surface area contributed by atoms with E-state index in [1.54, 1.807) is 7.11 Å². The lowest BCUT2D eigenvalue weighted by molar-refractivity contribution is 0.0943. The van der Waals surface area contributed by atoms with Crippen molar-refractivity contribution in [3.05, 3.63) is 29.6 Å². The number of aryl methyl sites for hydroxylation is 1. The van der Waals surface area contributed by atoms with Crippen molar-refractivity contribution >= 4 is 23.0 Å². The van der Waals surface area contributed by atoms with E-state index >= 15 is 0 Å². The molecular weight excluding hydrogens is 396 g/mol. The van der Waals surface area contributed by atoms with Gasteiger partial charge in [0.15, 0.2) is 0 Å². The van der Waals surface area contributed by atoms with Gasteiger partial charge >= 0.3 is 6.03 Å². The Bertz CT molecular complexity index is 902. The molecule has 2 heterocycles. The molecule has 2 aromatic rings. The first kappa shape index (κ1) is 23.0. The zero-order valence-corrected chi connectivity index (χ0v) is 19.0. The van der Waals surface area contributed by atoms with Crippen molar-refractivity contribution in [2.75, 3.05) is 46.4 Å². The Morgan fingerprint density at radius 2 is 1.94 bits per heavy atom. The summed E-state index contributed by atoms with van der Waals surface area (Å²) in [4.78, 5) is 33.5. The summed E-state index contributed by atoms with van der Waals surface area (Å²) in [5.74, 6) is 0.870. The van der Waals surface area contributed by atoms with Crippen LogP contribution < -0.4 is 10.6 Å². The number of urea groups is 1. The summed E-state index contributed by atoms with van der Waals surface area (Å²) in [5.41, 5.74) is 2.45. The Morgan fingerprint density at radius 1 is 1.19 bits per heavy atom. The number of hydrogen-bond acceptors (Lipinski definition) is 5. The lowest BCUT2D eigenvalue weighted by Gasteiger charge is -2.34. The molecule has 3 rings (SSSR count). The highest BCUT2D eigenvalue weighted by Gasteiger charge is 2.22. The molecule has 1 aromatic carbocycles. The molecular formula is C22H34N6O3. The van der Waals surface area contributed by atoms with Crippen molar-refractivity contribution in [2.45, 2.75) is 32.9 Å². The van der Waals surface area contributed by atoms with Gasteiger partial charge in [-0.2, -0.15) is 0 Å². The molecule has 170 valence electrons. The third-order valence-corrected chi connectivity index (χ3v) is 5.48. The molecule has 1 aromatic heterocycles. The Balaban J connectivity index is 1.57. The molecule has 3 amide bonds. The number of nitrogens with zero attached hydrogens (tertiary/aromatic N) is 4. The maximum atomic E-state index is 12.3. The van der Waals surface area contributed by atoms with E-state index < -0.39 is 0 Å². The van der Waals surface area contributed by atoms with Crippen LogP contribution in [0.4, 0.5) is 4.79 Å². The maximum absolute atomic E-state index is 12.3. The van der Waals surface area contributed by atoms with Gasteiger partial charge in [-0.15, -0.1) is 0 Å². The fraction of sp³-hybridized carbons (Fsp3) is 0.591. The summed E-state index contributed by atoms with van der Waals surface area (Å²) in [6.07, 6.45) is 0.815. The van der Waals surface area contributed by atoms with Crippen molar-refractivity contribution in [2.24, 2.45) is 7.05 Å². The number of nitrogens with one attached hydrogen (secondary N) is 2. The van der Waals surface area contributed by atoms with E-state index in [-0.39, 0.29) is 18.0 Å². The van der Waals surface area contributed by atoms with Crippen LogP contribution in [-0.4, -0.2) is 83.8 Å². The molecule has 1 fully saturated rings. The van der Waals surface area contributed by atoms with Gasteiger partial charge in [0, 0.05) is 65.1 Å². The van der Waals surface area contributed by atoms with Gasteiger partial charge in [0.2, 0.25) is 0 Å². The number of piperazine rings is 1. The fourth-order valence-electron chi connectivity index (χ4n) is 3.71. The van der Waals surface area contributed by atoms with Gasteiger partial charge in [0.25, 0.3) is 5.91 Å². The lowest BCUT2D eigenvalue weighted by Crippen LogP contribution is -2.51. The van der Waals surface area contributed by atoms with Crippen molar-refractivity contribution in [3.63, 3.8) is 0 Å². The third kappa shape index (κ3) is 5.95. The van der Waals surface area contributed by atoms with Crippen LogP contribution in [0.25, 0.3) is 11.0 Å². The fourth-order valence-corrected chi connectivity index (χ4v) is 3.71. The molecule has 1 saturated heterocycles. The highest BCUT2D eigenvalue weighted by Crippen LogP contribution is 2.19. The molecule has 1 aliphatic heterocycles.